The summed E-state index contributed by atoms with van der Waals surface area (Å²) in [5, 5.41) is 14.7. The highest BCUT2D eigenvalue weighted by Crippen LogP contribution is 2.61. The average molecular weight is 582 g/mol. The van der Waals surface area contributed by atoms with Crippen LogP contribution in [0.4, 0.5) is 0 Å². The smallest absolute Gasteiger partial charge is 0.339 e. The minimum absolute atomic E-state index is 0.0315. The van der Waals surface area contributed by atoms with E-state index in [1.807, 2.05) is 5.38 Å². The Hall–Kier alpha value is -3.17. The van der Waals surface area contributed by atoms with Crippen molar-refractivity contribution in [1.29, 1.82) is 0 Å². The van der Waals surface area contributed by atoms with Gasteiger partial charge in [0.1, 0.15) is 10.6 Å². The molecule has 3 aromatic rings. The van der Waals surface area contributed by atoms with Gasteiger partial charge in [-0.05, 0) is 85.6 Å². The van der Waals surface area contributed by atoms with Crippen molar-refractivity contribution in [1.82, 2.24) is 5.32 Å². The second-order valence-corrected chi connectivity index (χ2v) is 14.0. The Bertz CT molecular complexity index is 1530. The van der Waals surface area contributed by atoms with Gasteiger partial charge in [0.2, 0.25) is 0 Å². The average Bonchev–Trinajstić information content (AvgIpc) is 3.34. The van der Waals surface area contributed by atoms with Crippen LogP contribution in [0.1, 0.15) is 62.7 Å². The molecule has 0 spiro atoms. The quantitative estimate of drug-likeness (QED) is 0.149. The summed E-state index contributed by atoms with van der Waals surface area (Å²) in [5.41, 5.74) is 0.688. The number of carboxylic acid groups (broad SMARTS) is 1. The molecule has 7 nitrogen and oxygen atoms in total. The number of rotatable bonds is 11. The minimum Gasteiger partial charge on any atom is -0.481 e. The summed E-state index contributed by atoms with van der Waals surface area (Å²) in [7, 11) is -3.99. The van der Waals surface area contributed by atoms with Gasteiger partial charge in [-0.1, -0.05) is 44.2 Å². The first kappa shape index (κ1) is 28.4. The molecule has 2 bridgehead atoms. The van der Waals surface area contributed by atoms with Crippen LogP contribution >= 0.6 is 11.3 Å². The Morgan fingerprint density at radius 3 is 2.62 bits per heavy atom. The van der Waals surface area contributed by atoms with Gasteiger partial charge in [0.15, 0.2) is 0 Å². The van der Waals surface area contributed by atoms with Crippen molar-refractivity contribution in [2.24, 2.45) is 23.2 Å². The molecule has 3 aliphatic carbocycles. The van der Waals surface area contributed by atoms with E-state index in [0.717, 1.165) is 30.4 Å². The highest BCUT2D eigenvalue weighted by atomic mass is 32.2. The lowest BCUT2D eigenvalue weighted by Crippen LogP contribution is -2.63. The largest absolute Gasteiger partial charge is 0.481 e. The number of amides is 1. The van der Waals surface area contributed by atoms with Crippen LogP contribution in [0.2, 0.25) is 0 Å². The summed E-state index contributed by atoms with van der Waals surface area (Å²) < 4.78 is 31.8. The molecule has 0 radical (unpaired) electrons. The molecular formula is C31H35NO6S2. The fourth-order valence-corrected chi connectivity index (χ4v) is 8.22. The van der Waals surface area contributed by atoms with Crippen LogP contribution in [-0.4, -0.2) is 31.4 Å². The van der Waals surface area contributed by atoms with Crippen LogP contribution in [0.25, 0.3) is 10.1 Å². The van der Waals surface area contributed by atoms with Gasteiger partial charge in [-0.2, -0.15) is 8.42 Å². The van der Waals surface area contributed by atoms with E-state index in [4.69, 9.17) is 9.29 Å². The molecule has 3 aliphatic rings. The zero-order chi connectivity index (χ0) is 28.5. The summed E-state index contributed by atoms with van der Waals surface area (Å²) in [6.07, 6.45) is 8.73. The molecule has 6 rings (SSSR count). The number of carboxylic acids is 1. The Balaban J connectivity index is 1.32. The Morgan fingerprint density at radius 1 is 1.12 bits per heavy atom. The van der Waals surface area contributed by atoms with E-state index in [9.17, 15) is 18.0 Å². The lowest BCUT2D eigenvalue weighted by atomic mass is 9.44. The molecule has 4 atom stereocenters. The Kier molecular flexibility index (Phi) is 8.06. The fraction of sp³-hybridized carbons (Fsp3) is 0.419. The number of allylic oxidation sites excluding steroid dienone is 2. The lowest BCUT2D eigenvalue weighted by Gasteiger charge is -2.62. The first-order valence-electron chi connectivity index (χ1n) is 13.7. The van der Waals surface area contributed by atoms with Crippen molar-refractivity contribution in [2.45, 2.75) is 63.3 Å². The van der Waals surface area contributed by atoms with Crippen LogP contribution in [0, 0.1) is 23.2 Å². The number of hydrogen-bond donors (Lipinski definition) is 2. The van der Waals surface area contributed by atoms with Crippen LogP contribution in [-0.2, 0) is 14.9 Å². The van der Waals surface area contributed by atoms with E-state index in [-0.39, 0.29) is 34.4 Å². The maximum atomic E-state index is 13.7. The zero-order valence-corrected chi connectivity index (χ0v) is 24.3. The molecule has 3 saturated carbocycles. The molecule has 0 aliphatic heterocycles. The molecule has 1 heterocycles. The second-order valence-electron chi connectivity index (χ2n) is 11.5. The third-order valence-electron chi connectivity index (χ3n) is 8.77. The molecule has 3 fully saturated rings. The maximum Gasteiger partial charge on any atom is 0.339 e. The van der Waals surface area contributed by atoms with Crippen LogP contribution in [0.15, 0.2) is 71.0 Å². The van der Waals surface area contributed by atoms with E-state index < -0.39 is 16.1 Å². The Morgan fingerprint density at radius 2 is 1.90 bits per heavy atom. The molecule has 40 heavy (non-hydrogen) atoms. The normalized spacial score (nSPS) is 23.6. The predicted molar refractivity (Wildman–Crippen MR) is 156 cm³/mol. The van der Waals surface area contributed by atoms with Crippen molar-refractivity contribution in [3.63, 3.8) is 0 Å². The van der Waals surface area contributed by atoms with Gasteiger partial charge in [0.25, 0.3) is 5.91 Å². The summed E-state index contributed by atoms with van der Waals surface area (Å²) in [5.74, 6) is 0.579. The molecule has 0 saturated heterocycles. The first-order valence-corrected chi connectivity index (χ1v) is 16.0. The van der Waals surface area contributed by atoms with Gasteiger partial charge in [-0.3, -0.25) is 9.59 Å². The highest BCUT2D eigenvalue weighted by molar-refractivity contribution is 7.87. The van der Waals surface area contributed by atoms with Gasteiger partial charge in [0.05, 0.1) is 5.56 Å². The molecule has 2 N–H and O–H groups in total. The molecule has 1 aromatic heterocycles. The molecule has 9 heteroatoms. The van der Waals surface area contributed by atoms with E-state index >= 15 is 0 Å². The van der Waals surface area contributed by atoms with Crippen molar-refractivity contribution < 1.29 is 27.3 Å². The number of benzene rings is 2. The topological polar surface area (TPSA) is 110 Å². The van der Waals surface area contributed by atoms with E-state index in [0.29, 0.717) is 35.1 Å². The molecular weight excluding hydrogens is 546 g/mol. The third-order valence-corrected chi connectivity index (χ3v) is 11.0. The standard InChI is InChI=1S/C31H35NO6S2/c1-31(2)21-16-20(10-6-3-4-9-13-28(33)34)29(26(31)17-21)32-30(35)25-19-39-27-15-14-22(18-24(25)27)38-40(36,37)23-11-7-5-8-12-23/h3,5-8,11-12,14-15,18-21,26,29H,4,9-10,13,16-17H2,1-2H3,(H,32,35)(H,33,34)/t20-,21-,26-,29+/m0/s1. The molecule has 0 unspecified atom stereocenters. The summed E-state index contributed by atoms with van der Waals surface area (Å²) in [4.78, 5) is 24.5. The summed E-state index contributed by atoms with van der Waals surface area (Å²) in [6.45, 7) is 4.58. The van der Waals surface area contributed by atoms with Gasteiger partial charge in [0, 0.05) is 27.9 Å². The third kappa shape index (κ3) is 5.81. The van der Waals surface area contributed by atoms with E-state index in [1.54, 1.807) is 36.4 Å². The first-order chi connectivity index (χ1) is 19.1. The maximum absolute atomic E-state index is 13.7. The van der Waals surface area contributed by atoms with Crippen LogP contribution in [0.5, 0.6) is 5.75 Å². The number of carbonyl (C=O) groups excluding carboxylic acids is 1. The highest BCUT2D eigenvalue weighted by Gasteiger charge is 2.57. The second kappa shape index (κ2) is 11.4. The number of unbranched alkanes of at least 4 members (excludes halogenated alkanes) is 1. The van der Waals surface area contributed by atoms with Crippen molar-refractivity contribution in [2.75, 3.05) is 0 Å². The predicted octanol–water partition coefficient (Wildman–Crippen LogP) is 6.65. The monoisotopic (exact) mass is 581 g/mol. The molecule has 212 valence electrons. The van der Waals surface area contributed by atoms with Gasteiger partial charge >= 0.3 is 16.1 Å². The number of fused-ring (bicyclic) bond motifs is 3. The lowest BCUT2D eigenvalue weighted by molar-refractivity contribution is -0.137. The Labute approximate surface area is 239 Å². The molecule has 2 aromatic carbocycles. The minimum atomic E-state index is -3.99. The van der Waals surface area contributed by atoms with Gasteiger partial charge in [-0.15, -0.1) is 11.3 Å². The summed E-state index contributed by atoms with van der Waals surface area (Å²) >= 11 is 1.44. The summed E-state index contributed by atoms with van der Waals surface area (Å²) in [6, 6.07) is 13.0. The zero-order valence-electron chi connectivity index (χ0n) is 22.7. The van der Waals surface area contributed by atoms with Crippen LogP contribution in [0.3, 0.4) is 0 Å². The number of thiophene rings is 1. The molecule has 1 amide bonds. The van der Waals surface area contributed by atoms with Gasteiger partial charge < -0.3 is 14.6 Å². The van der Waals surface area contributed by atoms with Crippen LogP contribution < -0.4 is 9.50 Å². The number of nitrogens with one attached hydrogen (secondary N) is 1. The SMILES string of the molecule is CC1(C)[C@H]2C[C@H](CC=CCCCC(=O)O)[C@@H](NC(=O)c3csc4ccc(OS(=O)(=O)c5ccccc5)cc34)[C@@H]1C2. The van der Waals surface area contributed by atoms with Gasteiger partial charge in [-0.25, -0.2) is 0 Å². The number of aliphatic carboxylic acids is 1. The number of hydrogen-bond acceptors (Lipinski definition) is 6. The van der Waals surface area contributed by atoms with E-state index in [2.05, 4.69) is 31.3 Å². The van der Waals surface area contributed by atoms with Crippen molar-refractivity contribution in [3.8, 4) is 5.75 Å². The number of carbonyl (C=O) groups is 2. The van der Waals surface area contributed by atoms with Crippen molar-refractivity contribution in [3.05, 3.63) is 71.6 Å². The van der Waals surface area contributed by atoms with Crippen molar-refractivity contribution >= 4 is 43.4 Å². The van der Waals surface area contributed by atoms with E-state index in [1.165, 1.54) is 23.5 Å². The fourth-order valence-electron chi connectivity index (χ4n) is 6.35.